The molecule has 0 N–H and O–H groups in total. The van der Waals surface area contributed by atoms with Crippen molar-refractivity contribution in [1.82, 2.24) is 4.57 Å². The van der Waals surface area contributed by atoms with Crippen LogP contribution < -0.4 is 10.2 Å². The Kier molecular flexibility index (Phi) is 5.56. The fourth-order valence-corrected chi connectivity index (χ4v) is 4.84. The molecule has 5 nitrogen and oxygen atoms in total. The molecule has 4 rings (SSSR count). The number of rotatable bonds is 5. The van der Waals surface area contributed by atoms with E-state index >= 15 is 0 Å². The molecule has 1 heterocycles. The van der Waals surface area contributed by atoms with Crippen molar-refractivity contribution >= 4 is 32.3 Å². The molecule has 158 valence electrons. The number of methoxy groups -OCH3 is 1. The summed E-state index contributed by atoms with van der Waals surface area (Å²) in [5, 5.41) is 0.532. The van der Waals surface area contributed by atoms with Crippen molar-refractivity contribution in [2.75, 3.05) is 7.11 Å². The molecule has 0 fully saturated rings. The first kappa shape index (κ1) is 21.1. The second-order valence-corrected chi connectivity index (χ2v) is 9.24. The van der Waals surface area contributed by atoms with Crippen LogP contribution >= 0.6 is 11.6 Å². The van der Waals surface area contributed by atoms with Gasteiger partial charge in [-0.25, -0.2) is 12.8 Å². The first-order valence-corrected chi connectivity index (χ1v) is 11.1. The summed E-state index contributed by atoms with van der Waals surface area (Å²) in [6.45, 7) is 0.0406. The minimum absolute atomic E-state index is 0.0406. The normalized spacial score (nSPS) is 11.6. The third-order valence-electron chi connectivity index (χ3n) is 4.97. The molecule has 0 atom stereocenters. The second-order valence-electron chi connectivity index (χ2n) is 6.88. The van der Waals surface area contributed by atoms with Crippen molar-refractivity contribution in [3.8, 4) is 5.75 Å². The molecule has 0 radical (unpaired) electrons. The Labute approximate surface area is 183 Å². The Morgan fingerprint density at radius 3 is 2.42 bits per heavy atom. The molecule has 31 heavy (non-hydrogen) atoms. The second kappa shape index (κ2) is 8.17. The molecule has 3 aromatic carbocycles. The predicted molar refractivity (Wildman–Crippen MR) is 117 cm³/mol. The van der Waals surface area contributed by atoms with E-state index in [9.17, 15) is 17.6 Å². The van der Waals surface area contributed by atoms with Crippen LogP contribution in [0.5, 0.6) is 5.75 Å². The molecule has 0 bridgehead atoms. The van der Waals surface area contributed by atoms with Gasteiger partial charge in [-0.05, 0) is 48.5 Å². The highest BCUT2D eigenvalue weighted by atomic mass is 35.5. The minimum Gasteiger partial charge on any atom is -0.497 e. The fourth-order valence-electron chi connectivity index (χ4n) is 3.35. The summed E-state index contributed by atoms with van der Waals surface area (Å²) in [5.74, 6) is -0.0203. The zero-order valence-corrected chi connectivity index (χ0v) is 18.0. The summed E-state index contributed by atoms with van der Waals surface area (Å²) in [4.78, 5) is 12.7. The van der Waals surface area contributed by atoms with Gasteiger partial charge in [-0.2, -0.15) is 0 Å². The zero-order valence-electron chi connectivity index (χ0n) is 16.4. The molecule has 0 aliphatic heterocycles. The van der Waals surface area contributed by atoms with Crippen LogP contribution in [0.2, 0.25) is 5.02 Å². The van der Waals surface area contributed by atoms with E-state index in [-0.39, 0.29) is 16.8 Å². The highest BCUT2D eigenvalue weighted by Gasteiger charge is 2.24. The number of hydrogen-bond acceptors (Lipinski definition) is 4. The van der Waals surface area contributed by atoms with E-state index in [1.807, 2.05) is 0 Å². The van der Waals surface area contributed by atoms with Crippen LogP contribution in [0.3, 0.4) is 0 Å². The summed E-state index contributed by atoms with van der Waals surface area (Å²) in [6.07, 6.45) is 1.26. The number of hydrogen-bond donors (Lipinski definition) is 0. The largest absolute Gasteiger partial charge is 0.497 e. The van der Waals surface area contributed by atoms with Gasteiger partial charge in [-0.15, -0.1) is 0 Å². The van der Waals surface area contributed by atoms with Crippen LogP contribution in [0.15, 0.2) is 87.5 Å². The van der Waals surface area contributed by atoms with Gasteiger partial charge in [0, 0.05) is 16.8 Å². The molecule has 0 aliphatic rings. The Balaban J connectivity index is 1.99. The van der Waals surface area contributed by atoms with Gasteiger partial charge >= 0.3 is 0 Å². The van der Waals surface area contributed by atoms with Crippen molar-refractivity contribution in [3.63, 3.8) is 0 Å². The lowest BCUT2D eigenvalue weighted by molar-refractivity contribution is 0.415. The van der Waals surface area contributed by atoms with Gasteiger partial charge in [-0.1, -0.05) is 29.8 Å². The molecule has 0 amide bonds. The van der Waals surface area contributed by atoms with Crippen LogP contribution in [0, 0.1) is 5.82 Å². The molecule has 8 heteroatoms. The highest BCUT2D eigenvalue weighted by Crippen LogP contribution is 2.25. The Morgan fingerprint density at radius 2 is 1.74 bits per heavy atom. The maximum Gasteiger partial charge on any atom is 0.211 e. The van der Waals surface area contributed by atoms with Crippen LogP contribution in [0.4, 0.5) is 4.39 Å². The van der Waals surface area contributed by atoms with Gasteiger partial charge in [0.15, 0.2) is 0 Å². The number of halogens is 2. The lowest BCUT2D eigenvalue weighted by Gasteiger charge is -2.15. The van der Waals surface area contributed by atoms with Crippen molar-refractivity contribution in [1.29, 1.82) is 0 Å². The van der Waals surface area contributed by atoms with E-state index in [1.165, 1.54) is 49.7 Å². The van der Waals surface area contributed by atoms with Crippen LogP contribution in [-0.2, 0) is 16.4 Å². The van der Waals surface area contributed by atoms with Crippen molar-refractivity contribution in [2.45, 2.75) is 16.3 Å². The summed E-state index contributed by atoms with van der Waals surface area (Å²) in [5.41, 5.74) is 0.163. The first-order valence-electron chi connectivity index (χ1n) is 9.26. The number of nitrogens with zero attached hydrogens (tertiary/aromatic N) is 1. The van der Waals surface area contributed by atoms with E-state index in [0.717, 1.165) is 0 Å². The van der Waals surface area contributed by atoms with E-state index in [0.29, 0.717) is 21.9 Å². The average molecular weight is 458 g/mol. The number of aromatic nitrogens is 1. The summed E-state index contributed by atoms with van der Waals surface area (Å²) in [6, 6.07) is 16.6. The standard InChI is InChI=1S/C23H17ClFNO4S/c1-30-17-8-11-21-19(12-17)23(27)22(31(28,29)18-9-6-16(24)7-10-18)14-26(21)13-15-4-2-3-5-20(15)25/h2-12,14H,13H2,1H3. The van der Waals surface area contributed by atoms with Gasteiger partial charge in [0.05, 0.1) is 29.5 Å². The molecule has 1 aromatic heterocycles. The zero-order chi connectivity index (χ0) is 22.2. The number of ether oxygens (including phenoxy) is 1. The molecule has 0 saturated heterocycles. The van der Waals surface area contributed by atoms with E-state index in [1.54, 1.807) is 34.9 Å². The summed E-state index contributed by atoms with van der Waals surface area (Å²) in [7, 11) is -2.70. The summed E-state index contributed by atoms with van der Waals surface area (Å²) < 4.78 is 47.6. The Hall–Kier alpha value is -3.16. The van der Waals surface area contributed by atoms with Crippen LogP contribution in [0.25, 0.3) is 10.9 Å². The predicted octanol–water partition coefficient (Wildman–Crippen LogP) is 4.68. The van der Waals surface area contributed by atoms with Gasteiger partial charge in [0.1, 0.15) is 16.5 Å². The van der Waals surface area contributed by atoms with Gasteiger partial charge in [0.25, 0.3) is 0 Å². The maximum absolute atomic E-state index is 14.3. The highest BCUT2D eigenvalue weighted by molar-refractivity contribution is 7.91. The monoisotopic (exact) mass is 457 g/mol. The molecular formula is C23H17ClFNO4S. The Bertz CT molecular complexity index is 1450. The molecule has 4 aromatic rings. The maximum atomic E-state index is 14.3. The van der Waals surface area contributed by atoms with E-state index in [4.69, 9.17) is 16.3 Å². The van der Waals surface area contributed by atoms with Crippen molar-refractivity contribution in [3.05, 3.63) is 99.6 Å². The molecule has 0 saturated carbocycles. The molecule has 0 aliphatic carbocycles. The van der Waals surface area contributed by atoms with Crippen molar-refractivity contribution in [2.24, 2.45) is 0 Å². The van der Waals surface area contributed by atoms with Crippen LogP contribution in [0.1, 0.15) is 5.56 Å². The quantitative estimate of drug-likeness (QED) is 0.436. The first-order chi connectivity index (χ1) is 14.8. The lowest BCUT2D eigenvalue weighted by atomic mass is 10.1. The van der Waals surface area contributed by atoms with Crippen molar-refractivity contribution < 1.29 is 17.5 Å². The fraction of sp³-hybridized carbons (Fsp3) is 0.0870. The topological polar surface area (TPSA) is 65.4 Å². The minimum atomic E-state index is -4.15. The van der Waals surface area contributed by atoms with E-state index in [2.05, 4.69) is 0 Å². The van der Waals surface area contributed by atoms with Crippen LogP contribution in [-0.4, -0.2) is 20.1 Å². The third kappa shape index (κ3) is 3.94. The Morgan fingerprint density at radius 1 is 1.03 bits per heavy atom. The lowest BCUT2D eigenvalue weighted by Crippen LogP contribution is -2.20. The molecular weight excluding hydrogens is 441 g/mol. The van der Waals surface area contributed by atoms with Gasteiger partial charge < -0.3 is 9.30 Å². The molecule has 0 unspecified atom stereocenters. The SMILES string of the molecule is COc1ccc2c(c1)c(=O)c(S(=O)(=O)c1ccc(Cl)cc1)cn2Cc1ccccc1F. The van der Waals surface area contributed by atoms with E-state index < -0.39 is 26.0 Å². The average Bonchev–Trinajstić information content (AvgIpc) is 2.77. The van der Waals surface area contributed by atoms with Gasteiger partial charge in [-0.3, -0.25) is 4.79 Å². The van der Waals surface area contributed by atoms with Gasteiger partial charge in [0.2, 0.25) is 15.3 Å². The number of fused-ring (bicyclic) bond motifs is 1. The third-order valence-corrected chi connectivity index (χ3v) is 6.98. The number of benzene rings is 3. The number of pyridine rings is 1. The summed E-state index contributed by atoms with van der Waals surface area (Å²) >= 11 is 5.87. The molecule has 0 spiro atoms. The number of sulfone groups is 1. The smallest absolute Gasteiger partial charge is 0.211 e.